The van der Waals surface area contributed by atoms with Crippen molar-refractivity contribution < 1.29 is 19.8 Å². The number of carboxylic acids is 2. The van der Waals surface area contributed by atoms with Gasteiger partial charge in [0.25, 0.3) is 0 Å². The molecule has 3 rings (SSSR count). The molecule has 0 radical (unpaired) electrons. The highest BCUT2D eigenvalue weighted by atomic mass is 16.4. The number of benzene rings is 1. The first-order chi connectivity index (χ1) is 9.82. The zero-order valence-electron chi connectivity index (χ0n) is 12.2. The minimum atomic E-state index is -1.09. The van der Waals surface area contributed by atoms with Crippen LogP contribution in [0, 0.1) is 24.7 Å². The zero-order chi connectivity index (χ0) is 15.4. The van der Waals surface area contributed by atoms with Crippen molar-refractivity contribution in [1.29, 1.82) is 0 Å². The maximum atomic E-state index is 11.5. The summed E-state index contributed by atoms with van der Waals surface area (Å²) in [5, 5.41) is 18.8. The first-order valence-electron chi connectivity index (χ1n) is 7.07. The van der Waals surface area contributed by atoms with Gasteiger partial charge < -0.3 is 10.2 Å². The van der Waals surface area contributed by atoms with Crippen molar-refractivity contribution >= 4 is 11.9 Å². The SMILES string of the molecule is Cc1cccc(CN2C[C@@]3(C(=O)O)C[C@@]3(C(=O)O)C2)c1C. The third-order valence-electron chi connectivity index (χ3n) is 5.31. The van der Waals surface area contributed by atoms with Crippen LogP contribution < -0.4 is 0 Å². The van der Waals surface area contributed by atoms with E-state index >= 15 is 0 Å². The van der Waals surface area contributed by atoms with Crippen molar-refractivity contribution in [2.45, 2.75) is 26.8 Å². The molecule has 0 spiro atoms. The molecule has 2 fully saturated rings. The molecular weight excluding hydrogens is 270 g/mol. The Morgan fingerprint density at radius 2 is 1.71 bits per heavy atom. The summed E-state index contributed by atoms with van der Waals surface area (Å²) >= 11 is 0. The van der Waals surface area contributed by atoms with E-state index in [2.05, 4.69) is 0 Å². The fourth-order valence-electron chi connectivity index (χ4n) is 3.74. The first kappa shape index (κ1) is 14.1. The molecule has 0 unspecified atom stereocenters. The standard InChI is InChI=1S/C16H19NO4/c1-10-4-3-5-12(11(10)2)6-17-8-15(13(18)19)7-16(15,9-17)14(20)21/h3-5H,6-9H2,1-2H3,(H,18,19)(H,20,21)/t15-,16+. The minimum absolute atomic E-state index is 0.258. The van der Waals surface area contributed by atoms with E-state index in [9.17, 15) is 19.8 Å². The van der Waals surface area contributed by atoms with Gasteiger partial charge in [-0.1, -0.05) is 18.2 Å². The van der Waals surface area contributed by atoms with Crippen LogP contribution in [0.5, 0.6) is 0 Å². The Labute approximate surface area is 123 Å². The molecule has 1 heterocycles. The Balaban J connectivity index is 1.83. The van der Waals surface area contributed by atoms with Gasteiger partial charge in [-0.25, -0.2) is 0 Å². The van der Waals surface area contributed by atoms with Crippen LogP contribution in [0.15, 0.2) is 18.2 Å². The Hall–Kier alpha value is -1.88. The van der Waals surface area contributed by atoms with Crippen molar-refractivity contribution in [3.05, 3.63) is 34.9 Å². The molecular formula is C16H19NO4. The van der Waals surface area contributed by atoms with Crippen LogP contribution in [0.2, 0.25) is 0 Å². The summed E-state index contributed by atoms with van der Waals surface area (Å²) in [6, 6.07) is 6.04. The molecule has 0 aromatic heterocycles. The molecule has 2 atom stereocenters. The number of fused-ring (bicyclic) bond motifs is 1. The first-order valence-corrected chi connectivity index (χ1v) is 7.07. The van der Waals surface area contributed by atoms with Crippen LogP contribution in [0.4, 0.5) is 0 Å². The van der Waals surface area contributed by atoms with Gasteiger partial charge >= 0.3 is 11.9 Å². The van der Waals surface area contributed by atoms with Crippen LogP contribution in [0.3, 0.4) is 0 Å². The molecule has 0 amide bonds. The summed E-state index contributed by atoms with van der Waals surface area (Å²) in [6.45, 7) is 5.33. The normalized spacial score (nSPS) is 31.0. The lowest BCUT2D eigenvalue weighted by Gasteiger charge is -2.21. The van der Waals surface area contributed by atoms with E-state index in [1.807, 2.05) is 36.9 Å². The Kier molecular flexibility index (Phi) is 2.89. The maximum absolute atomic E-state index is 11.5. The molecule has 1 aromatic carbocycles. The predicted octanol–water partition coefficient (Wildman–Crippen LogP) is 1.66. The van der Waals surface area contributed by atoms with E-state index in [4.69, 9.17) is 0 Å². The van der Waals surface area contributed by atoms with Gasteiger partial charge in [0.2, 0.25) is 0 Å². The number of aryl methyl sites for hydroxylation is 1. The number of hydrogen-bond acceptors (Lipinski definition) is 3. The highest BCUT2D eigenvalue weighted by molar-refractivity contribution is 5.94. The topological polar surface area (TPSA) is 77.8 Å². The van der Waals surface area contributed by atoms with Crippen LogP contribution in [-0.4, -0.2) is 40.1 Å². The second-order valence-corrected chi connectivity index (χ2v) is 6.46. The molecule has 1 saturated carbocycles. The molecule has 2 aliphatic rings. The van der Waals surface area contributed by atoms with E-state index in [1.165, 1.54) is 11.1 Å². The summed E-state index contributed by atoms with van der Waals surface area (Å²) < 4.78 is 0. The van der Waals surface area contributed by atoms with Crippen molar-refractivity contribution in [1.82, 2.24) is 4.90 Å². The number of hydrogen-bond donors (Lipinski definition) is 2. The number of likely N-dealkylation sites (tertiary alicyclic amines) is 1. The van der Waals surface area contributed by atoms with Crippen LogP contribution in [0.1, 0.15) is 23.1 Å². The summed E-state index contributed by atoms with van der Waals surface area (Å²) in [6.07, 6.45) is 0.258. The van der Waals surface area contributed by atoms with E-state index < -0.39 is 22.8 Å². The van der Waals surface area contributed by atoms with E-state index in [0.29, 0.717) is 19.6 Å². The van der Waals surface area contributed by atoms with Gasteiger partial charge in [-0.15, -0.1) is 0 Å². The Bertz CT molecular complexity index is 613. The Morgan fingerprint density at radius 3 is 2.24 bits per heavy atom. The van der Waals surface area contributed by atoms with E-state index in [1.54, 1.807) is 0 Å². The number of piperidine rings is 1. The molecule has 5 heteroatoms. The van der Waals surface area contributed by atoms with Crippen molar-refractivity contribution in [3.63, 3.8) is 0 Å². The Morgan fingerprint density at radius 1 is 1.14 bits per heavy atom. The number of aliphatic carboxylic acids is 2. The van der Waals surface area contributed by atoms with Gasteiger partial charge in [0.15, 0.2) is 0 Å². The summed E-state index contributed by atoms with van der Waals surface area (Å²) in [7, 11) is 0. The summed E-state index contributed by atoms with van der Waals surface area (Å²) in [5.74, 6) is -1.96. The third-order valence-corrected chi connectivity index (χ3v) is 5.31. The molecule has 2 N–H and O–H groups in total. The summed E-state index contributed by atoms with van der Waals surface area (Å²) in [4.78, 5) is 25.0. The highest BCUT2D eigenvalue weighted by Crippen LogP contribution is 2.68. The van der Waals surface area contributed by atoms with E-state index in [0.717, 1.165) is 5.56 Å². The summed E-state index contributed by atoms with van der Waals surface area (Å²) in [5.41, 5.74) is 1.34. The minimum Gasteiger partial charge on any atom is -0.481 e. The van der Waals surface area contributed by atoms with Gasteiger partial charge in [0, 0.05) is 19.6 Å². The maximum Gasteiger partial charge on any atom is 0.312 e. The highest BCUT2D eigenvalue weighted by Gasteiger charge is 2.80. The van der Waals surface area contributed by atoms with Crippen molar-refractivity contribution in [2.75, 3.05) is 13.1 Å². The molecule has 1 aliphatic carbocycles. The average Bonchev–Trinajstić information content (AvgIpc) is 2.95. The van der Waals surface area contributed by atoms with Crippen LogP contribution >= 0.6 is 0 Å². The van der Waals surface area contributed by atoms with Crippen molar-refractivity contribution in [2.24, 2.45) is 10.8 Å². The molecule has 112 valence electrons. The van der Waals surface area contributed by atoms with Gasteiger partial charge in [0.1, 0.15) is 0 Å². The number of nitrogens with zero attached hydrogens (tertiary/aromatic N) is 1. The van der Waals surface area contributed by atoms with Gasteiger partial charge in [-0.3, -0.25) is 14.5 Å². The predicted molar refractivity (Wildman–Crippen MR) is 75.9 cm³/mol. The quantitative estimate of drug-likeness (QED) is 0.881. The molecule has 1 aliphatic heterocycles. The molecule has 21 heavy (non-hydrogen) atoms. The zero-order valence-corrected chi connectivity index (χ0v) is 12.2. The van der Waals surface area contributed by atoms with Crippen LogP contribution in [-0.2, 0) is 16.1 Å². The van der Waals surface area contributed by atoms with Gasteiger partial charge in [0.05, 0.1) is 10.8 Å². The lowest BCUT2D eigenvalue weighted by atomic mass is 9.97. The second kappa shape index (κ2) is 4.31. The van der Waals surface area contributed by atoms with Crippen LogP contribution in [0.25, 0.3) is 0 Å². The monoisotopic (exact) mass is 289 g/mol. The molecule has 1 saturated heterocycles. The average molecular weight is 289 g/mol. The fraction of sp³-hybridized carbons (Fsp3) is 0.500. The van der Waals surface area contributed by atoms with Gasteiger partial charge in [-0.05, 0) is 37.0 Å². The van der Waals surface area contributed by atoms with Gasteiger partial charge in [-0.2, -0.15) is 0 Å². The fourth-order valence-corrected chi connectivity index (χ4v) is 3.74. The molecule has 1 aromatic rings. The number of carboxylic acid groups (broad SMARTS) is 2. The number of rotatable bonds is 4. The third kappa shape index (κ3) is 1.80. The second-order valence-electron chi connectivity index (χ2n) is 6.46. The number of carbonyl (C=O) groups is 2. The smallest absolute Gasteiger partial charge is 0.312 e. The lowest BCUT2D eigenvalue weighted by Crippen LogP contribution is -2.28. The van der Waals surface area contributed by atoms with E-state index in [-0.39, 0.29) is 6.42 Å². The largest absolute Gasteiger partial charge is 0.481 e. The molecule has 0 bridgehead atoms. The van der Waals surface area contributed by atoms with Crippen molar-refractivity contribution in [3.8, 4) is 0 Å². The lowest BCUT2D eigenvalue weighted by molar-refractivity contribution is -0.151. The molecule has 5 nitrogen and oxygen atoms in total.